The van der Waals surface area contributed by atoms with Crippen molar-refractivity contribution in [2.45, 2.75) is 32.8 Å². The van der Waals surface area contributed by atoms with Crippen molar-refractivity contribution >= 4 is 23.1 Å². The van der Waals surface area contributed by atoms with Crippen LogP contribution < -0.4 is 15.4 Å². The van der Waals surface area contributed by atoms with E-state index in [-0.39, 0.29) is 11.7 Å². The number of ketones is 1. The van der Waals surface area contributed by atoms with Crippen LogP contribution in [0.1, 0.15) is 36.2 Å². The lowest BCUT2D eigenvalue weighted by Gasteiger charge is -2.32. The molecule has 5 heteroatoms. The summed E-state index contributed by atoms with van der Waals surface area (Å²) in [7, 11) is 0. The monoisotopic (exact) mass is 338 g/mol. The van der Waals surface area contributed by atoms with Crippen LogP contribution in [0.15, 0.2) is 42.5 Å². The highest BCUT2D eigenvalue weighted by Gasteiger charge is 2.28. The van der Waals surface area contributed by atoms with Crippen molar-refractivity contribution in [1.82, 2.24) is 0 Å². The number of fused-ring (bicyclic) bond motifs is 1. The van der Waals surface area contributed by atoms with Crippen molar-refractivity contribution < 1.29 is 14.3 Å². The summed E-state index contributed by atoms with van der Waals surface area (Å²) in [6.07, 6.45) is 1.09. The van der Waals surface area contributed by atoms with Gasteiger partial charge in [0.15, 0.2) is 11.9 Å². The molecule has 1 aliphatic rings. The fraction of sp³-hybridized carbons (Fsp3) is 0.300. The molecule has 0 spiro atoms. The number of amides is 1. The SMILES string of the molecule is CC(=O)c1cccc(OC(C)C(=O)N2CCCc3c(N)cccc32)c1. The summed E-state index contributed by atoms with van der Waals surface area (Å²) in [5, 5.41) is 0. The quantitative estimate of drug-likeness (QED) is 0.686. The van der Waals surface area contributed by atoms with Gasteiger partial charge in [-0.2, -0.15) is 0 Å². The molecule has 2 N–H and O–H groups in total. The van der Waals surface area contributed by atoms with E-state index in [9.17, 15) is 9.59 Å². The third-order valence-corrected chi connectivity index (χ3v) is 4.45. The molecule has 1 atom stereocenters. The lowest BCUT2D eigenvalue weighted by Crippen LogP contribution is -2.43. The summed E-state index contributed by atoms with van der Waals surface area (Å²) < 4.78 is 5.79. The van der Waals surface area contributed by atoms with E-state index in [1.807, 2.05) is 18.2 Å². The number of Topliss-reactive ketones (excluding diaryl/α,β-unsaturated/α-hetero) is 1. The van der Waals surface area contributed by atoms with Gasteiger partial charge in [0.2, 0.25) is 0 Å². The van der Waals surface area contributed by atoms with Crippen LogP contribution in [0.5, 0.6) is 5.75 Å². The maximum Gasteiger partial charge on any atom is 0.267 e. The van der Waals surface area contributed by atoms with E-state index in [0.29, 0.717) is 17.9 Å². The second kappa shape index (κ2) is 6.97. The van der Waals surface area contributed by atoms with Crippen LogP contribution in [-0.4, -0.2) is 24.3 Å². The van der Waals surface area contributed by atoms with Crippen molar-refractivity contribution in [3.63, 3.8) is 0 Å². The Kier molecular flexibility index (Phi) is 4.74. The average Bonchev–Trinajstić information content (AvgIpc) is 2.61. The van der Waals surface area contributed by atoms with Crippen molar-refractivity contribution in [2.75, 3.05) is 17.2 Å². The van der Waals surface area contributed by atoms with Crippen LogP contribution >= 0.6 is 0 Å². The maximum absolute atomic E-state index is 12.9. The van der Waals surface area contributed by atoms with Crippen molar-refractivity contribution in [1.29, 1.82) is 0 Å². The number of carbonyl (C=O) groups excluding carboxylic acids is 2. The van der Waals surface area contributed by atoms with Gasteiger partial charge in [-0.25, -0.2) is 0 Å². The van der Waals surface area contributed by atoms with Gasteiger partial charge in [0.1, 0.15) is 5.75 Å². The minimum absolute atomic E-state index is 0.0372. The second-order valence-electron chi connectivity index (χ2n) is 6.28. The van der Waals surface area contributed by atoms with Gasteiger partial charge >= 0.3 is 0 Å². The number of carbonyl (C=O) groups is 2. The molecular formula is C20H22N2O3. The zero-order valence-electron chi connectivity index (χ0n) is 14.5. The molecule has 0 saturated heterocycles. The Balaban J connectivity index is 1.79. The summed E-state index contributed by atoms with van der Waals surface area (Å²) in [4.78, 5) is 26.1. The molecule has 0 radical (unpaired) electrons. The number of rotatable bonds is 4. The minimum atomic E-state index is -0.658. The highest BCUT2D eigenvalue weighted by molar-refractivity contribution is 5.98. The van der Waals surface area contributed by atoms with E-state index < -0.39 is 6.10 Å². The number of benzene rings is 2. The molecule has 0 bridgehead atoms. The molecule has 0 aromatic heterocycles. The largest absolute Gasteiger partial charge is 0.481 e. The van der Waals surface area contributed by atoms with Crippen molar-refractivity contribution in [2.24, 2.45) is 0 Å². The summed E-state index contributed by atoms with van der Waals surface area (Å²) in [6.45, 7) is 3.88. The number of hydrogen-bond donors (Lipinski definition) is 1. The topological polar surface area (TPSA) is 72.6 Å². The number of ether oxygens (including phenoxy) is 1. The zero-order chi connectivity index (χ0) is 18.0. The second-order valence-corrected chi connectivity index (χ2v) is 6.28. The molecule has 1 heterocycles. The molecule has 3 rings (SSSR count). The summed E-state index contributed by atoms with van der Waals surface area (Å²) in [5.74, 6) is 0.364. The third-order valence-electron chi connectivity index (χ3n) is 4.45. The Bertz CT molecular complexity index is 816. The van der Waals surface area contributed by atoms with Gasteiger partial charge in [-0.1, -0.05) is 18.2 Å². The Morgan fingerprint density at radius 3 is 2.72 bits per heavy atom. The highest BCUT2D eigenvalue weighted by Crippen LogP contribution is 2.32. The van der Waals surface area contributed by atoms with E-state index in [4.69, 9.17) is 10.5 Å². The van der Waals surface area contributed by atoms with Crippen LogP contribution in [0.2, 0.25) is 0 Å². The fourth-order valence-corrected chi connectivity index (χ4v) is 3.14. The molecule has 5 nitrogen and oxygen atoms in total. The predicted octanol–water partition coefficient (Wildman–Crippen LogP) is 3.22. The van der Waals surface area contributed by atoms with E-state index in [1.54, 1.807) is 36.1 Å². The first kappa shape index (κ1) is 17.0. The van der Waals surface area contributed by atoms with Gasteiger partial charge < -0.3 is 15.4 Å². The summed E-state index contributed by atoms with van der Waals surface area (Å²) in [6, 6.07) is 12.5. The first-order valence-corrected chi connectivity index (χ1v) is 8.44. The van der Waals surface area contributed by atoms with Crippen LogP contribution in [0, 0.1) is 0 Å². The zero-order valence-corrected chi connectivity index (χ0v) is 14.5. The van der Waals surface area contributed by atoms with Crippen LogP contribution in [0.3, 0.4) is 0 Å². The first-order valence-electron chi connectivity index (χ1n) is 8.44. The van der Waals surface area contributed by atoms with E-state index in [1.165, 1.54) is 6.92 Å². The molecule has 25 heavy (non-hydrogen) atoms. The molecule has 0 saturated carbocycles. The Morgan fingerprint density at radius 1 is 1.20 bits per heavy atom. The molecule has 130 valence electrons. The van der Waals surface area contributed by atoms with Gasteiger partial charge in [-0.3, -0.25) is 9.59 Å². The van der Waals surface area contributed by atoms with Gasteiger partial charge in [-0.05, 0) is 56.5 Å². The van der Waals surface area contributed by atoms with Gasteiger partial charge in [0.25, 0.3) is 5.91 Å². The molecule has 2 aromatic carbocycles. The van der Waals surface area contributed by atoms with E-state index in [2.05, 4.69) is 0 Å². The number of nitrogen functional groups attached to an aromatic ring is 1. The highest BCUT2D eigenvalue weighted by atomic mass is 16.5. The van der Waals surface area contributed by atoms with E-state index >= 15 is 0 Å². The number of hydrogen-bond acceptors (Lipinski definition) is 4. The molecule has 2 aromatic rings. The van der Waals surface area contributed by atoms with Crippen LogP contribution in [-0.2, 0) is 11.2 Å². The van der Waals surface area contributed by atoms with Crippen molar-refractivity contribution in [3.8, 4) is 5.75 Å². The lowest BCUT2D eigenvalue weighted by molar-refractivity contribution is -0.124. The minimum Gasteiger partial charge on any atom is -0.481 e. The molecule has 1 unspecified atom stereocenters. The Labute approximate surface area is 147 Å². The summed E-state index contributed by atoms with van der Waals surface area (Å²) in [5.41, 5.74) is 9.22. The van der Waals surface area contributed by atoms with Crippen molar-refractivity contribution in [3.05, 3.63) is 53.6 Å². The van der Waals surface area contributed by atoms with Crippen LogP contribution in [0.4, 0.5) is 11.4 Å². The molecule has 0 fully saturated rings. The molecule has 0 aliphatic carbocycles. The lowest BCUT2D eigenvalue weighted by atomic mass is 9.99. The fourth-order valence-electron chi connectivity index (χ4n) is 3.14. The Morgan fingerprint density at radius 2 is 1.96 bits per heavy atom. The molecule has 1 aliphatic heterocycles. The van der Waals surface area contributed by atoms with Gasteiger partial charge in [-0.15, -0.1) is 0 Å². The smallest absolute Gasteiger partial charge is 0.267 e. The normalized spacial score (nSPS) is 14.6. The maximum atomic E-state index is 12.9. The van der Waals surface area contributed by atoms with E-state index in [0.717, 1.165) is 29.8 Å². The van der Waals surface area contributed by atoms with Gasteiger partial charge in [0.05, 0.1) is 0 Å². The number of nitrogens with zero attached hydrogens (tertiary/aromatic N) is 1. The first-order chi connectivity index (χ1) is 12.0. The average molecular weight is 338 g/mol. The van der Waals surface area contributed by atoms with Gasteiger partial charge in [0, 0.05) is 23.5 Å². The number of anilines is 2. The Hall–Kier alpha value is -2.82. The van der Waals surface area contributed by atoms with Crippen LogP contribution in [0.25, 0.3) is 0 Å². The molecular weight excluding hydrogens is 316 g/mol. The molecule has 1 amide bonds. The standard InChI is InChI=1S/C20H22N2O3/c1-13(23)15-6-3-7-16(12-15)25-14(2)20(24)22-11-5-8-17-18(21)9-4-10-19(17)22/h3-4,6-7,9-10,12,14H,5,8,11,21H2,1-2H3. The number of nitrogens with two attached hydrogens (primary N) is 1. The predicted molar refractivity (Wildman–Crippen MR) is 98.1 cm³/mol. The third kappa shape index (κ3) is 3.50. The summed E-state index contributed by atoms with van der Waals surface area (Å²) >= 11 is 0.